The molecule has 0 fully saturated rings. The minimum absolute atomic E-state index is 0.742. The van der Waals surface area contributed by atoms with Gasteiger partial charge < -0.3 is 10.1 Å². The summed E-state index contributed by atoms with van der Waals surface area (Å²) in [4.78, 5) is 0. The first-order valence-electron chi connectivity index (χ1n) is 5.90. The van der Waals surface area contributed by atoms with Crippen molar-refractivity contribution in [3.8, 4) is 5.75 Å². The van der Waals surface area contributed by atoms with Crippen molar-refractivity contribution < 1.29 is 10.1 Å². The molecule has 1 aromatic carbocycles. The summed E-state index contributed by atoms with van der Waals surface area (Å²) in [6.07, 6.45) is 2.56. The Hall–Kier alpha value is -1.02. The quantitative estimate of drug-likeness (QED) is 0.681. The molecule has 0 radical (unpaired) electrons. The zero-order valence-electron chi connectivity index (χ0n) is 9.83. The fourth-order valence-corrected chi connectivity index (χ4v) is 1.57. The molecule has 1 aromatic rings. The number of rotatable bonds is 7. The molecule has 0 bridgehead atoms. The predicted molar refractivity (Wildman–Crippen MR) is 63.0 cm³/mol. The van der Waals surface area contributed by atoms with Crippen LogP contribution in [-0.2, 0) is 6.54 Å². The highest BCUT2D eigenvalue weighted by molar-refractivity contribution is 5.32. The second kappa shape index (κ2) is 7.30. The van der Waals surface area contributed by atoms with Gasteiger partial charge in [0.25, 0.3) is 0 Å². The minimum Gasteiger partial charge on any atom is -0.493 e. The molecule has 0 heterocycles. The van der Waals surface area contributed by atoms with Crippen LogP contribution in [0.2, 0.25) is 0 Å². The summed E-state index contributed by atoms with van der Waals surface area (Å²) in [6.45, 7) is 7.22. The van der Waals surface area contributed by atoms with Gasteiger partial charge in [-0.15, -0.1) is 0 Å². The molecule has 84 valence electrons. The number of hydrogen-bond acceptors (Lipinski definition) is 1. The Morgan fingerprint density at radius 3 is 2.73 bits per heavy atom. The molecule has 15 heavy (non-hydrogen) atoms. The Morgan fingerprint density at radius 2 is 2.00 bits per heavy atom. The van der Waals surface area contributed by atoms with Crippen molar-refractivity contribution in [2.45, 2.75) is 33.2 Å². The molecular weight excluding hydrogens is 186 g/mol. The SMILES string of the molecule is CCCC[NH2+]Cc1ccccc1OCC. The topological polar surface area (TPSA) is 25.8 Å². The van der Waals surface area contributed by atoms with Crippen molar-refractivity contribution in [1.82, 2.24) is 0 Å². The van der Waals surface area contributed by atoms with Crippen molar-refractivity contribution in [1.29, 1.82) is 0 Å². The summed E-state index contributed by atoms with van der Waals surface area (Å²) in [5.74, 6) is 1.03. The summed E-state index contributed by atoms with van der Waals surface area (Å²) >= 11 is 0. The zero-order valence-corrected chi connectivity index (χ0v) is 9.83. The average molecular weight is 208 g/mol. The number of ether oxygens (including phenoxy) is 1. The number of benzene rings is 1. The van der Waals surface area contributed by atoms with Crippen LogP contribution in [0.5, 0.6) is 5.75 Å². The molecule has 1 rings (SSSR count). The number of quaternary nitrogens is 1. The van der Waals surface area contributed by atoms with Gasteiger partial charge >= 0.3 is 0 Å². The van der Waals surface area contributed by atoms with Crippen LogP contribution in [0.1, 0.15) is 32.3 Å². The van der Waals surface area contributed by atoms with E-state index in [2.05, 4.69) is 24.4 Å². The Balaban J connectivity index is 2.44. The Labute approximate surface area is 92.6 Å². The van der Waals surface area contributed by atoms with Gasteiger partial charge in [-0.05, 0) is 25.5 Å². The lowest BCUT2D eigenvalue weighted by Crippen LogP contribution is -2.82. The maximum atomic E-state index is 5.57. The Morgan fingerprint density at radius 1 is 1.20 bits per heavy atom. The molecule has 2 N–H and O–H groups in total. The minimum atomic E-state index is 0.742. The number of nitrogens with two attached hydrogens (primary N) is 1. The highest BCUT2D eigenvalue weighted by Crippen LogP contribution is 2.16. The maximum absolute atomic E-state index is 5.57. The molecule has 0 aliphatic rings. The van der Waals surface area contributed by atoms with Gasteiger partial charge in [-0.1, -0.05) is 25.5 Å². The second-order valence-electron chi connectivity index (χ2n) is 3.68. The van der Waals surface area contributed by atoms with Crippen LogP contribution in [0, 0.1) is 0 Å². The summed E-state index contributed by atoms with van der Waals surface area (Å²) in [7, 11) is 0. The van der Waals surface area contributed by atoms with E-state index >= 15 is 0 Å². The fourth-order valence-electron chi connectivity index (χ4n) is 1.57. The molecule has 0 spiro atoms. The first-order valence-corrected chi connectivity index (χ1v) is 5.90. The lowest BCUT2D eigenvalue weighted by Gasteiger charge is -2.08. The molecule has 0 aliphatic heterocycles. The normalized spacial score (nSPS) is 10.3. The summed E-state index contributed by atoms with van der Waals surface area (Å²) in [5.41, 5.74) is 1.30. The third kappa shape index (κ3) is 4.34. The van der Waals surface area contributed by atoms with E-state index in [0.29, 0.717) is 0 Å². The number of hydrogen-bond donors (Lipinski definition) is 1. The van der Waals surface area contributed by atoms with Crippen LogP contribution in [0.3, 0.4) is 0 Å². The largest absolute Gasteiger partial charge is 0.493 e. The summed E-state index contributed by atoms with van der Waals surface area (Å²) < 4.78 is 5.57. The molecule has 0 aliphatic carbocycles. The number of para-hydroxylation sites is 1. The summed E-state index contributed by atoms with van der Waals surface area (Å²) in [5, 5.41) is 2.35. The molecule has 2 heteroatoms. The number of unbranched alkanes of at least 4 members (excludes halogenated alkanes) is 1. The molecule has 2 nitrogen and oxygen atoms in total. The predicted octanol–water partition coefficient (Wildman–Crippen LogP) is 1.95. The highest BCUT2D eigenvalue weighted by Gasteiger charge is 2.03. The van der Waals surface area contributed by atoms with Crippen LogP contribution in [-0.4, -0.2) is 13.2 Å². The van der Waals surface area contributed by atoms with E-state index in [-0.39, 0.29) is 0 Å². The van der Waals surface area contributed by atoms with E-state index in [1.165, 1.54) is 24.9 Å². The van der Waals surface area contributed by atoms with Gasteiger partial charge in [-0.3, -0.25) is 0 Å². The molecular formula is C13H22NO+. The van der Waals surface area contributed by atoms with Gasteiger partial charge in [0.05, 0.1) is 13.2 Å². The van der Waals surface area contributed by atoms with Crippen molar-refractivity contribution in [2.24, 2.45) is 0 Å². The van der Waals surface area contributed by atoms with E-state index < -0.39 is 0 Å². The van der Waals surface area contributed by atoms with Gasteiger partial charge in [0.2, 0.25) is 0 Å². The molecule has 0 unspecified atom stereocenters. The van der Waals surface area contributed by atoms with Gasteiger partial charge in [0, 0.05) is 5.56 Å². The second-order valence-corrected chi connectivity index (χ2v) is 3.68. The van der Waals surface area contributed by atoms with Crippen LogP contribution >= 0.6 is 0 Å². The van der Waals surface area contributed by atoms with Gasteiger partial charge in [-0.2, -0.15) is 0 Å². The molecule has 0 saturated carbocycles. The molecule has 0 atom stereocenters. The lowest BCUT2D eigenvalue weighted by molar-refractivity contribution is -0.670. The van der Waals surface area contributed by atoms with Gasteiger partial charge in [0.15, 0.2) is 0 Å². The smallest absolute Gasteiger partial charge is 0.128 e. The molecule has 0 saturated heterocycles. The van der Waals surface area contributed by atoms with Gasteiger partial charge in [0.1, 0.15) is 12.3 Å². The maximum Gasteiger partial charge on any atom is 0.128 e. The van der Waals surface area contributed by atoms with Crippen molar-refractivity contribution in [3.63, 3.8) is 0 Å². The molecule has 0 amide bonds. The highest BCUT2D eigenvalue weighted by atomic mass is 16.5. The van der Waals surface area contributed by atoms with Crippen LogP contribution in [0.15, 0.2) is 24.3 Å². The van der Waals surface area contributed by atoms with E-state index in [0.717, 1.165) is 18.9 Å². The average Bonchev–Trinajstić information content (AvgIpc) is 2.27. The first-order chi connectivity index (χ1) is 7.38. The van der Waals surface area contributed by atoms with Gasteiger partial charge in [-0.25, -0.2) is 0 Å². The summed E-state index contributed by atoms with van der Waals surface area (Å²) in [6, 6.07) is 8.30. The van der Waals surface area contributed by atoms with E-state index in [1.807, 2.05) is 19.1 Å². The lowest BCUT2D eigenvalue weighted by atomic mass is 10.2. The van der Waals surface area contributed by atoms with E-state index in [4.69, 9.17) is 4.74 Å². The van der Waals surface area contributed by atoms with Crippen LogP contribution < -0.4 is 10.1 Å². The standard InChI is InChI=1S/C13H21NO/c1-3-5-10-14-11-12-8-6-7-9-13(12)15-4-2/h6-9,14H,3-5,10-11H2,1-2H3/p+1. The van der Waals surface area contributed by atoms with Crippen molar-refractivity contribution in [3.05, 3.63) is 29.8 Å². The van der Waals surface area contributed by atoms with E-state index in [9.17, 15) is 0 Å². The van der Waals surface area contributed by atoms with E-state index in [1.54, 1.807) is 0 Å². The fraction of sp³-hybridized carbons (Fsp3) is 0.538. The van der Waals surface area contributed by atoms with Crippen LogP contribution in [0.25, 0.3) is 0 Å². The van der Waals surface area contributed by atoms with Crippen molar-refractivity contribution >= 4 is 0 Å². The Kier molecular flexibility index (Phi) is 5.86. The van der Waals surface area contributed by atoms with Crippen molar-refractivity contribution in [2.75, 3.05) is 13.2 Å². The molecule has 0 aromatic heterocycles. The first kappa shape index (κ1) is 12.1. The third-order valence-corrected chi connectivity index (χ3v) is 2.40. The monoisotopic (exact) mass is 208 g/mol. The zero-order chi connectivity index (χ0) is 10.9. The third-order valence-electron chi connectivity index (χ3n) is 2.40. The Bertz CT molecular complexity index is 273. The van der Waals surface area contributed by atoms with Crippen LogP contribution in [0.4, 0.5) is 0 Å².